The summed E-state index contributed by atoms with van der Waals surface area (Å²) in [6.45, 7) is 1.70. The van der Waals surface area contributed by atoms with Crippen molar-refractivity contribution in [3.63, 3.8) is 0 Å². The number of nitrogens with zero attached hydrogens (tertiary/aromatic N) is 2. The molecule has 1 heterocycles. The Morgan fingerprint density at radius 2 is 2.21 bits per heavy atom. The van der Waals surface area contributed by atoms with Gasteiger partial charge in [-0.05, 0) is 25.8 Å². The molecule has 1 amide bonds. The molecule has 1 aliphatic carbocycles. The SMILES string of the molecule is CC1(C(=O)O)CCCCC1NC(=O)c1ccnnc1. The van der Waals surface area contributed by atoms with E-state index in [1.54, 1.807) is 13.0 Å². The molecule has 102 valence electrons. The number of carboxylic acids is 1. The summed E-state index contributed by atoms with van der Waals surface area (Å²) in [6, 6.07) is 1.21. The van der Waals surface area contributed by atoms with Gasteiger partial charge in [0.2, 0.25) is 0 Å². The predicted molar refractivity (Wildman–Crippen MR) is 67.5 cm³/mol. The van der Waals surface area contributed by atoms with E-state index in [-0.39, 0.29) is 11.9 Å². The van der Waals surface area contributed by atoms with Crippen LogP contribution in [0.15, 0.2) is 18.5 Å². The Hall–Kier alpha value is -1.98. The first-order valence-electron chi connectivity index (χ1n) is 6.35. The van der Waals surface area contributed by atoms with Gasteiger partial charge in [-0.15, -0.1) is 0 Å². The van der Waals surface area contributed by atoms with Gasteiger partial charge >= 0.3 is 5.97 Å². The standard InChI is InChI=1S/C13H17N3O3/c1-13(12(18)19)6-3-2-4-10(13)16-11(17)9-5-7-14-15-8-9/h5,7-8,10H,2-4,6H2,1H3,(H,16,17)(H,18,19). The average Bonchev–Trinajstić information content (AvgIpc) is 2.42. The Balaban J connectivity index is 2.12. The van der Waals surface area contributed by atoms with Crippen LogP contribution in [0.3, 0.4) is 0 Å². The van der Waals surface area contributed by atoms with Crippen LogP contribution in [0.4, 0.5) is 0 Å². The first-order chi connectivity index (χ1) is 9.04. The van der Waals surface area contributed by atoms with Crippen LogP contribution in [0.5, 0.6) is 0 Å². The number of hydrogen-bond donors (Lipinski definition) is 2. The molecule has 6 nitrogen and oxygen atoms in total. The fraction of sp³-hybridized carbons (Fsp3) is 0.538. The van der Waals surface area contributed by atoms with Crippen LogP contribution < -0.4 is 5.32 Å². The van der Waals surface area contributed by atoms with Crippen LogP contribution in [-0.4, -0.2) is 33.2 Å². The lowest BCUT2D eigenvalue weighted by molar-refractivity contribution is -0.151. The predicted octanol–water partition coefficient (Wildman–Crippen LogP) is 1.24. The maximum atomic E-state index is 12.1. The van der Waals surface area contributed by atoms with Crippen molar-refractivity contribution >= 4 is 11.9 Å². The van der Waals surface area contributed by atoms with Gasteiger partial charge in [-0.1, -0.05) is 12.8 Å². The second-order valence-corrected chi connectivity index (χ2v) is 5.13. The van der Waals surface area contributed by atoms with E-state index in [0.29, 0.717) is 18.4 Å². The van der Waals surface area contributed by atoms with Crippen LogP contribution in [0.25, 0.3) is 0 Å². The minimum Gasteiger partial charge on any atom is -0.481 e. The fourth-order valence-electron chi connectivity index (χ4n) is 2.49. The molecular weight excluding hydrogens is 246 g/mol. The first kappa shape index (κ1) is 13.5. The highest BCUT2D eigenvalue weighted by atomic mass is 16.4. The Bertz CT molecular complexity index is 477. The highest BCUT2D eigenvalue weighted by Crippen LogP contribution is 2.36. The third-order valence-corrected chi connectivity index (χ3v) is 3.85. The summed E-state index contributed by atoms with van der Waals surface area (Å²) >= 11 is 0. The number of aromatic nitrogens is 2. The largest absolute Gasteiger partial charge is 0.481 e. The Morgan fingerprint density at radius 1 is 1.42 bits per heavy atom. The number of carbonyl (C=O) groups excluding carboxylic acids is 1. The van der Waals surface area contributed by atoms with Gasteiger partial charge in [0.1, 0.15) is 0 Å². The lowest BCUT2D eigenvalue weighted by Crippen LogP contribution is -2.52. The van der Waals surface area contributed by atoms with Crippen LogP contribution in [0, 0.1) is 5.41 Å². The molecule has 0 aromatic carbocycles. The highest BCUT2D eigenvalue weighted by molar-refractivity contribution is 5.94. The van der Waals surface area contributed by atoms with E-state index in [1.807, 2.05) is 0 Å². The van der Waals surface area contributed by atoms with Crippen molar-refractivity contribution in [1.29, 1.82) is 0 Å². The van der Waals surface area contributed by atoms with Gasteiger partial charge < -0.3 is 10.4 Å². The van der Waals surface area contributed by atoms with E-state index in [4.69, 9.17) is 0 Å². The van der Waals surface area contributed by atoms with Crippen molar-refractivity contribution in [3.05, 3.63) is 24.0 Å². The van der Waals surface area contributed by atoms with Crippen LogP contribution in [-0.2, 0) is 4.79 Å². The number of nitrogens with one attached hydrogen (secondary N) is 1. The molecule has 2 N–H and O–H groups in total. The van der Waals surface area contributed by atoms with E-state index in [0.717, 1.165) is 12.8 Å². The van der Waals surface area contributed by atoms with Crippen molar-refractivity contribution in [2.45, 2.75) is 38.6 Å². The number of rotatable bonds is 3. The zero-order chi connectivity index (χ0) is 13.9. The van der Waals surface area contributed by atoms with Gasteiger partial charge in [-0.3, -0.25) is 9.59 Å². The van der Waals surface area contributed by atoms with Crippen molar-refractivity contribution in [1.82, 2.24) is 15.5 Å². The Kier molecular flexibility index (Phi) is 3.78. The van der Waals surface area contributed by atoms with E-state index in [9.17, 15) is 14.7 Å². The molecule has 0 radical (unpaired) electrons. The van der Waals surface area contributed by atoms with Crippen molar-refractivity contribution in [2.75, 3.05) is 0 Å². The molecule has 1 aromatic heterocycles. The zero-order valence-corrected chi connectivity index (χ0v) is 10.8. The van der Waals surface area contributed by atoms with Crippen molar-refractivity contribution in [2.24, 2.45) is 5.41 Å². The summed E-state index contributed by atoms with van der Waals surface area (Å²) in [4.78, 5) is 23.5. The molecule has 19 heavy (non-hydrogen) atoms. The molecule has 1 aromatic rings. The van der Waals surface area contributed by atoms with Crippen LogP contribution in [0.1, 0.15) is 43.0 Å². The third kappa shape index (κ3) is 2.72. The topological polar surface area (TPSA) is 92.2 Å². The van der Waals surface area contributed by atoms with E-state index in [2.05, 4.69) is 15.5 Å². The summed E-state index contributed by atoms with van der Waals surface area (Å²) in [5.41, 5.74) is -0.498. The minimum atomic E-state index is -0.894. The molecule has 1 saturated carbocycles. The smallest absolute Gasteiger partial charge is 0.311 e. The molecule has 2 atom stereocenters. The summed E-state index contributed by atoms with van der Waals surface area (Å²) in [5, 5.41) is 19.4. The Morgan fingerprint density at radius 3 is 2.84 bits per heavy atom. The van der Waals surface area contributed by atoms with Gasteiger partial charge in [0.05, 0.1) is 23.4 Å². The minimum absolute atomic E-state index is 0.297. The van der Waals surface area contributed by atoms with E-state index >= 15 is 0 Å². The Labute approximate surface area is 111 Å². The molecule has 2 unspecified atom stereocenters. The molecule has 0 saturated heterocycles. The summed E-state index contributed by atoms with van der Waals surface area (Å²) < 4.78 is 0. The maximum absolute atomic E-state index is 12.1. The number of carboxylic acid groups (broad SMARTS) is 1. The molecule has 2 rings (SSSR count). The molecular formula is C13H17N3O3. The monoisotopic (exact) mass is 263 g/mol. The number of aliphatic carboxylic acids is 1. The number of amides is 1. The number of hydrogen-bond acceptors (Lipinski definition) is 4. The second-order valence-electron chi connectivity index (χ2n) is 5.13. The van der Waals surface area contributed by atoms with Crippen LogP contribution in [0.2, 0.25) is 0 Å². The summed E-state index contributed by atoms with van der Waals surface area (Å²) in [6.07, 6.45) is 5.89. The number of carbonyl (C=O) groups is 2. The summed E-state index contributed by atoms with van der Waals surface area (Å²) in [5.74, 6) is -1.15. The van der Waals surface area contributed by atoms with Gasteiger partial charge in [-0.2, -0.15) is 10.2 Å². The normalized spacial score (nSPS) is 26.7. The lowest BCUT2D eigenvalue weighted by Gasteiger charge is -2.38. The molecule has 1 fully saturated rings. The first-order valence-corrected chi connectivity index (χ1v) is 6.35. The van der Waals surface area contributed by atoms with Gasteiger partial charge in [-0.25, -0.2) is 0 Å². The second kappa shape index (κ2) is 5.34. The van der Waals surface area contributed by atoms with E-state index < -0.39 is 11.4 Å². The molecule has 0 bridgehead atoms. The van der Waals surface area contributed by atoms with Crippen molar-refractivity contribution < 1.29 is 14.7 Å². The quantitative estimate of drug-likeness (QED) is 0.856. The molecule has 6 heteroatoms. The van der Waals surface area contributed by atoms with Crippen LogP contribution >= 0.6 is 0 Å². The third-order valence-electron chi connectivity index (χ3n) is 3.85. The van der Waals surface area contributed by atoms with Gasteiger partial charge in [0, 0.05) is 6.04 Å². The average molecular weight is 263 g/mol. The summed E-state index contributed by atoms with van der Waals surface area (Å²) in [7, 11) is 0. The maximum Gasteiger partial charge on any atom is 0.311 e. The lowest BCUT2D eigenvalue weighted by atomic mass is 9.71. The van der Waals surface area contributed by atoms with Crippen molar-refractivity contribution in [3.8, 4) is 0 Å². The molecule has 0 aliphatic heterocycles. The molecule has 1 aliphatic rings. The van der Waals surface area contributed by atoms with E-state index in [1.165, 1.54) is 12.4 Å². The highest BCUT2D eigenvalue weighted by Gasteiger charge is 2.43. The molecule has 0 spiro atoms. The zero-order valence-electron chi connectivity index (χ0n) is 10.8. The van der Waals surface area contributed by atoms with Gasteiger partial charge in [0.25, 0.3) is 5.91 Å². The fourth-order valence-corrected chi connectivity index (χ4v) is 2.49. The van der Waals surface area contributed by atoms with Gasteiger partial charge in [0.15, 0.2) is 0 Å².